The van der Waals surface area contributed by atoms with E-state index in [2.05, 4.69) is 15.5 Å². The van der Waals surface area contributed by atoms with Crippen molar-refractivity contribution in [3.8, 4) is 11.5 Å². The van der Waals surface area contributed by atoms with E-state index in [1.165, 1.54) is 12.1 Å². The number of benzene rings is 3. The first-order valence-corrected chi connectivity index (χ1v) is 10.2. The van der Waals surface area contributed by atoms with Crippen LogP contribution in [0.1, 0.15) is 23.1 Å². The van der Waals surface area contributed by atoms with Crippen LogP contribution in [0.2, 0.25) is 10.0 Å². The molecule has 0 saturated heterocycles. The van der Waals surface area contributed by atoms with Gasteiger partial charge < -0.3 is 9.73 Å². The van der Waals surface area contributed by atoms with Crippen LogP contribution in [0, 0.1) is 5.82 Å². The molecular weight excluding hydrogens is 424 g/mol. The highest BCUT2D eigenvalue weighted by atomic mass is 35.5. The van der Waals surface area contributed by atoms with E-state index >= 15 is 0 Å². The molecule has 1 aromatic heterocycles. The summed E-state index contributed by atoms with van der Waals surface area (Å²) in [6, 6.07) is 20.8. The Labute approximate surface area is 183 Å². The number of rotatable bonds is 7. The van der Waals surface area contributed by atoms with E-state index in [1.807, 2.05) is 42.5 Å². The van der Waals surface area contributed by atoms with E-state index < -0.39 is 0 Å². The maximum Gasteiger partial charge on any atom is 0.249 e. The summed E-state index contributed by atoms with van der Waals surface area (Å²) in [6.45, 7) is 0.646. The molecule has 0 aliphatic heterocycles. The van der Waals surface area contributed by atoms with Crippen LogP contribution < -0.4 is 5.32 Å². The number of nitrogens with zero attached hydrogens (tertiary/aromatic N) is 2. The van der Waals surface area contributed by atoms with Crippen molar-refractivity contribution in [2.75, 3.05) is 6.54 Å². The first-order chi connectivity index (χ1) is 14.6. The molecule has 152 valence electrons. The van der Waals surface area contributed by atoms with Crippen LogP contribution in [0.3, 0.4) is 0 Å². The highest BCUT2D eigenvalue weighted by molar-refractivity contribution is 6.33. The van der Waals surface area contributed by atoms with E-state index in [4.69, 9.17) is 27.6 Å². The molecule has 0 spiro atoms. The molecule has 0 aliphatic rings. The predicted octanol–water partition coefficient (Wildman–Crippen LogP) is 6.10. The lowest BCUT2D eigenvalue weighted by molar-refractivity contribution is 0.440. The fourth-order valence-electron chi connectivity index (χ4n) is 3.11. The zero-order chi connectivity index (χ0) is 20.9. The Morgan fingerprint density at radius 3 is 2.37 bits per heavy atom. The van der Waals surface area contributed by atoms with Crippen LogP contribution in [0.25, 0.3) is 11.5 Å². The lowest BCUT2D eigenvalue weighted by atomic mass is 10.1. The van der Waals surface area contributed by atoms with Crippen molar-refractivity contribution < 1.29 is 8.81 Å². The standard InChI is InChI=1S/C23H18Cl2FN3O/c24-17-9-5-15(6-10-17)13-14-27-21(16-7-11-18(26)12-8-16)23-29-28-22(30-23)19-3-1-2-4-20(19)25/h1-12,21,27H,13-14H2/t21-/m0/s1. The average Bonchev–Trinajstić information content (AvgIpc) is 3.23. The summed E-state index contributed by atoms with van der Waals surface area (Å²) in [7, 11) is 0. The van der Waals surface area contributed by atoms with Crippen molar-refractivity contribution in [1.82, 2.24) is 15.5 Å². The third-order valence-electron chi connectivity index (χ3n) is 4.67. The molecule has 0 saturated carbocycles. The van der Waals surface area contributed by atoms with Gasteiger partial charge in [0.2, 0.25) is 11.8 Å². The maximum absolute atomic E-state index is 13.4. The predicted molar refractivity (Wildman–Crippen MR) is 116 cm³/mol. The van der Waals surface area contributed by atoms with Crippen LogP contribution in [-0.2, 0) is 6.42 Å². The SMILES string of the molecule is Fc1ccc([C@H](NCCc2ccc(Cl)cc2)c2nnc(-c3ccccc3Cl)o2)cc1. The third-order valence-corrected chi connectivity index (χ3v) is 5.25. The van der Waals surface area contributed by atoms with Gasteiger partial charge in [0.05, 0.1) is 10.6 Å². The highest BCUT2D eigenvalue weighted by Crippen LogP contribution is 2.29. The van der Waals surface area contributed by atoms with Gasteiger partial charge in [-0.25, -0.2) is 4.39 Å². The number of halogens is 3. The quantitative estimate of drug-likeness (QED) is 0.376. The van der Waals surface area contributed by atoms with Gasteiger partial charge in [-0.05, 0) is 53.9 Å². The zero-order valence-corrected chi connectivity index (χ0v) is 17.4. The summed E-state index contributed by atoms with van der Waals surface area (Å²) >= 11 is 12.2. The molecule has 0 amide bonds. The molecule has 4 rings (SSSR count). The molecule has 0 radical (unpaired) electrons. The van der Waals surface area contributed by atoms with Gasteiger partial charge in [0.1, 0.15) is 11.9 Å². The van der Waals surface area contributed by atoms with Crippen molar-refractivity contribution >= 4 is 23.2 Å². The minimum Gasteiger partial charge on any atom is -0.419 e. The Morgan fingerprint density at radius 2 is 1.63 bits per heavy atom. The van der Waals surface area contributed by atoms with Crippen LogP contribution in [-0.4, -0.2) is 16.7 Å². The van der Waals surface area contributed by atoms with E-state index in [9.17, 15) is 4.39 Å². The second kappa shape index (κ2) is 9.39. The number of hydrogen-bond acceptors (Lipinski definition) is 4. The Bertz CT molecular complexity index is 1110. The van der Waals surface area contributed by atoms with E-state index in [0.717, 1.165) is 17.5 Å². The van der Waals surface area contributed by atoms with Crippen molar-refractivity contribution in [3.63, 3.8) is 0 Å². The first kappa shape index (κ1) is 20.5. The van der Waals surface area contributed by atoms with Crippen molar-refractivity contribution in [2.24, 2.45) is 0 Å². The summed E-state index contributed by atoms with van der Waals surface area (Å²) in [4.78, 5) is 0. The molecule has 3 aromatic carbocycles. The van der Waals surface area contributed by atoms with Crippen LogP contribution in [0.4, 0.5) is 4.39 Å². The van der Waals surface area contributed by atoms with Gasteiger partial charge in [-0.15, -0.1) is 10.2 Å². The first-order valence-electron chi connectivity index (χ1n) is 9.42. The van der Waals surface area contributed by atoms with Gasteiger partial charge in [-0.3, -0.25) is 0 Å². The summed E-state index contributed by atoms with van der Waals surface area (Å²) in [6.07, 6.45) is 0.778. The second-order valence-electron chi connectivity index (χ2n) is 6.74. The lowest BCUT2D eigenvalue weighted by Crippen LogP contribution is -2.25. The summed E-state index contributed by atoms with van der Waals surface area (Å²) in [5, 5.41) is 13.0. The highest BCUT2D eigenvalue weighted by Gasteiger charge is 2.22. The molecule has 7 heteroatoms. The van der Waals surface area contributed by atoms with Gasteiger partial charge >= 0.3 is 0 Å². The third kappa shape index (κ3) is 4.87. The van der Waals surface area contributed by atoms with Gasteiger partial charge in [0.25, 0.3) is 0 Å². The monoisotopic (exact) mass is 441 g/mol. The number of nitrogens with one attached hydrogen (secondary N) is 1. The Kier molecular flexibility index (Phi) is 6.43. The summed E-state index contributed by atoms with van der Waals surface area (Å²) in [5.41, 5.74) is 2.63. The number of hydrogen-bond donors (Lipinski definition) is 1. The summed E-state index contributed by atoms with van der Waals surface area (Å²) in [5.74, 6) is 0.413. The molecule has 0 unspecified atom stereocenters. The minimum atomic E-state index is -0.387. The van der Waals surface area contributed by atoms with Crippen LogP contribution in [0.15, 0.2) is 77.2 Å². The van der Waals surface area contributed by atoms with E-state index in [-0.39, 0.29) is 11.9 Å². The van der Waals surface area contributed by atoms with Gasteiger partial charge in [-0.1, -0.05) is 59.6 Å². The molecule has 30 heavy (non-hydrogen) atoms. The molecular formula is C23H18Cl2FN3O. The normalized spacial score (nSPS) is 12.1. The van der Waals surface area contributed by atoms with Crippen LogP contribution >= 0.6 is 23.2 Å². The largest absolute Gasteiger partial charge is 0.419 e. The molecule has 0 aliphatic carbocycles. The lowest BCUT2D eigenvalue weighted by Gasteiger charge is -2.16. The molecule has 4 nitrogen and oxygen atoms in total. The van der Waals surface area contributed by atoms with Crippen LogP contribution in [0.5, 0.6) is 0 Å². The van der Waals surface area contributed by atoms with Gasteiger partial charge in [-0.2, -0.15) is 0 Å². The maximum atomic E-state index is 13.4. The zero-order valence-electron chi connectivity index (χ0n) is 15.9. The molecule has 1 heterocycles. The van der Waals surface area contributed by atoms with Crippen molar-refractivity contribution in [2.45, 2.75) is 12.5 Å². The van der Waals surface area contributed by atoms with Crippen molar-refractivity contribution in [1.29, 1.82) is 0 Å². The minimum absolute atomic E-state index is 0.305. The molecule has 1 atom stereocenters. The average molecular weight is 442 g/mol. The molecule has 0 fully saturated rings. The van der Waals surface area contributed by atoms with Gasteiger partial charge in [0.15, 0.2) is 0 Å². The fourth-order valence-corrected chi connectivity index (χ4v) is 3.45. The Balaban J connectivity index is 1.57. The van der Waals surface area contributed by atoms with Crippen molar-refractivity contribution in [3.05, 3.63) is 106 Å². The molecule has 4 aromatic rings. The smallest absolute Gasteiger partial charge is 0.249 e. The number of aromatic nitrogens is 2. The fraction of sp³-hybridized carbons (Fsp3) is 0.130. The van der Waals surface area contributed by atoms with E-state index in [1.54, 1.807) is 18.2 Å². The van der Waals surface area contributed by atoms with E-state index in [0.29, 0.717) is 33.9 Å². The topological polar surface area (TPSA) is 51.0 Å². The second-order valence-corrected chi connectivity index (χ2v) is 7.58. The summed E-state index contributed by atoms with van der Waals surface area (Å²) < 4.78 is 19.4. The Morgan fingerprint density at radius 1 is 0.900 bits per heavy atom. The molecule has 0 bridgehead atoms. The Hall–Kier alpha value is -2.73. The van der Waals surface area contributed by atoms with Gasteiger partial charge in [0, 0.05) is 11.6 Å². The molecule has 1 N–H and O–H groups in total.